The number of carboxylic acids is 1. The standard InChI is InChI=1S/C14H10ClN3O2/c15-12-8-18-13(5-11(12)14(19)20)17-7-10-3-1-2-9(4-10)6-16/h1-5,8H,7H2,(H,17,18)(H,19,20). The van der Waals surface area contributed by atoms with Crippen molar-refractivity contribution in [3.05, 3.63) is 58.2 Å². The lowest BCUT2D eigenvalue weighted by molar-refractivity contribution is 0.0697. The van der Waals surface area contributed by atoms with E-state index in [9.17, 15) is 4.79 Å². The van der Waals surface area contributed by atoms with Gasteiger partial charge in [0, 0.05) is 12.7 Å². The zero-order valence-electron chi connectivity index (χ0n) is 10.3. The number of nitriles is 1. The van der Waals surface area contributed by atoms with Crippen LogP contribution in [0.2, 0.25) is 5.02 Å². The first-order valence-corrected chi connectivity index (χ1v) is 6.09. The second-order valence-corrected chi connectivity index (χ2v) is 4.43. The molecule has 1 heterocycles. The third-order valence-corrected chi connectivity index (χ3v) is 2.92. The first-order valence-electron chi connectivity index (χ1n) is 5.72. The first kappa shape index (κ1) is 13.8. The molecule has 0 bridgehead atoms. The summed E-state index contributed by atoms with van der Waals surface area (Å²) in [6.45, 7) is 0.434. The predicted octanol–water partition coefficient (Wildman–Crippen LogP) is 2.92. The van der Waals surface area contributed by atoms with Crippen LogP contribution >= 0.6 is 11.6 Å². The van der Waals surface area contributed by atoms with Crippen LogP contribution in [-0.2, 0) is 6.54 Å². The summed E-state index contributed by atoms with van der Waals surface area (Å²) < 4.78 is 0. The summed E-state index contributed by atoms with van der Waals surface area (Å²) in [5.74, 6) is -0.693. The van der Waals surface area contributed by atoms with Gasteiger partial charge in [-0.25, -0.2) is 9.78 Å². The molecule has 2 rings (SSSR count). The van der Waals surface area contributed by atoms with Crippen molar-refractivity contribution in [2.75, 3.05) is 5.32 Å². The molecule has 0 fully saturated rings. The number of carbonyl (C=O) groups is 1. The second kappa shape index (κ2) is 6.04. The van der Waals surface area contributed by atoms with E-state index < -0.39 is 5.97 Å². The highest BCUT2D eigenvalue weighted by Crippen LogP contribution is 2.18. The van der Waals surface area contributed by atoms with E-state index in [1.165, 1.54) is 12.3 Å². The molecule has 6 heteroatoms. The van der Waals surface area contributed by atoms with Crippen LogP contribution in [0.25, 0.3) is 0 Å². The number of nitrogens with one attached hydrogen (secondary N) is 1. The maximum Gasteiger partial charge on any atom is 0.337 e. The Bertz CT molecular complexity index is 695. The topological polar surface area (TPSA) is 86.0 Å². The third-order valence-electron chi connectivity index (χ3n) is 2.62. The van der Waals surface area contributed by atoms with Crippen LogP contribution in [0.15, 0.2) is 36.5 Å². The van der Waals surface area contributed by atoms with Gasteiger partial charge in [-0.15, -0.1) is 0 Å². The third kappa shape index (κ3) is 3.25. The van der Waals surface area contributed by atoms with Crippen molar-refractivity contribution in [2.45, 2.75) is 6.54 Å². The van der Waals surface area contributed by atoms with Crippen LogP contribution in [0.4, 0.5) is 5.82 Å². The van der Waals surface area contributed by atoms with Crippen LogP contribution in [0.3, 0.4) is 0 Å². The molecule has 0 radical (unpaired) electrons. The minimum absolute atomic E-state index is 0.00468. The van der Waals surface area contributed by atoms with E-state index in [2.05, 4.69) is 16.4 Å². The highest BCUT2D eigenvalue weighted by Gasteiger charge is 2.10. The van der Waals surface area contributed by atoms with E-state index in [4.69, 9.17) is 22.0 Å². The van der Waals surface area contributed by atoms with E-state index in [0.717, 1.165) is 5.56 Å². The normalized spacial score (nSPS) is 9.80. The fourth-order valence-corrected chi connectivity index (χ4v) is 1.83. The lowest BCUT2D eigenvalue weighted by Crippen LogP contribution is -2.04. The molecule has 5 nitrogen and oxygen atoms in total. The number of hydrogen-bond acceptors (Lipinski definition) is 4. The average molecular weight is 288 g/mol. The number of nitrogens with zero attached hydrogens (tertiary/aromatic N) is 2. The van der Waals surface area contributed by atoms with Gasteiger partial charge in [0.2, 0.25) is 0 Å². The van der Waals surface area contributed by atoms with Crippen LogP contribution < -0.4 is 5.32 Å². The minimum atomic E-state index is -1.10. The van der Waals surface area contributed by atoms with Crippen molar-refractivity contribution >= 4 is 23.4 Å². The largest absolute Gasteiger partial charge is 0.478 e. The molecule has 0 aliphatic carbocycles. The van der Waals surface area contributed by atoms with Gasteiger partial charge in [0.25, 0.3) is 0 Å². The molecule has 0 amide bonds. The molecule has 20 heavy (non-hydrogen) atoms. The quantitative estimate of drug-likeness (QED) is 0.903. The van der Waals surface area contributed by atoms with E-state index in [0.29, 0.717) is 17.9 Å². The Hall–Kier alpha value is -2.58. The average Bonchev–Trinajstić information content (AvgIpc) is 2.46. The Kier molecular flexibility index (Phi) is 4.18. The van der Waals surface area contributed by atoms with E-state index in [-0.39, 0.29) is 10.6 Å². The first-order chi connectivity index (χ1) is 9.60. The number of pyridine rings is 1. The number of aromatic nitrogens is 1. The molecule has 0 aliphatic heterocycles. The molecule has 100 valence electrons. The molecule has 0 unspecified atom stereocenters. The Balaban J connectivity index is 2.13. The monoisotopic (exact) mass is 287 g/mol. The van der Waals surface area contributed by atoms with Crippen molar-refractivity contribution in [2.24, 2.45) is 0 Å². The zero-order chi connectivity index (χ0) is 14.5. The van der Waals surface area contributed by atoms with Gasteiger partial charge < -0.3 is 10.4 Å². The molecule has 0 saturated heterocycles. The Morgan fingerprint density at radius 3 is 2.95 bits per heavy atom. The molecule has 0 aliphatic rings. The Labute approximate surface area is 120 Å². The highest BCUT2D eigenvalue weighted by molar-refractivity contribution is 6.33. The lowest BCUT2D eigenvalue weighted by atomic mass is 10.1. The molecular formula is C14H10ClN3O2. The van der Waals surface area contributed by atoms with Crippen molar-refractivity contribution < 1.29 is 9.90 Å². The number of anilines is 1. The Morgan fingerprint density at radius 2 is 2.25 bits per heavy atom. The summed E-state index contributed by atoms with van der Waals surface area (Å²) in [4.78, 5) is 15.0. The molecular weight excluding hydrogens is 278 g/mol. The Morgan fingerprint density at radius 1 is 1.45 bits per heavy atom. The molecule has 1 aromatic heterocycles. The van der Waals surface area contributed by atoms with Crippen molar-refractivity contribution in [1.29, 1.82) is 5.26 Å². The van der Waals surface area contributed by atoms with Gasteiger partial charge >= 0.3 is 5.97 Å². The number of carboxylic acid groups (broad SMARTS) is 1. The number of benzene rings is 1. The fourth-order valence-electron chi connectivity index (χ4n) is 1.64. The van der Waals surface area contributed by atoms with Gasteiger partial charge in [0.05, 0.1) is 22.2 Å². The molecule has 1 aromatic carbocycles. The van der Waals surface area contributed by atoms with Gasteiger partial charge in [0.1, 0.15) is 5.82 Å². The maximum atomic E-state index is 11.0. The number of aromatic carboxylic acids is 1. The molecule has 2 aromatic rings. The van der Waals surface area contributed by atoms with Crippen LogP contribution in [0, 0.1) is 11.3 Å². The summed E-state index contributed by atoms with van der Waals surface area (Å²) >= 11 is 5.74. The van der Waals surface area contributed by atoms with Crippen molar-refractivity contribution in [3.8, 4) is 6.07 Å². The minimum Gasteiger partial charge on any atom is -0.478 e. The van der Waals surface area contributed by atoms with Gasteiger partial charge in [0.15, 0.2) is 0 Å². The predicted molar refractivity (Wildman–Crippen MR) is 74.7 cm³/mol. The van der Waals surface area contributed by atoms with Crippen molar-refractivity contribution in [3.63, 3.8) is 0 Å². The van der Waals surface area contributed by atoms with E-state index >= 15 is 0 Å². The molecule has 0 saturated carbocycles. The second-order valence-electron chi connectivity index (χ2n) is 4.02. The summed E-state index contributed by atoms with van der Waals surface area (Å²) in [7, 11) is 0. The highest BCUT2D eigenvalue weighted by atomic mass is 35.5. The summed E-state index contributed by atoms with van der Waals surface area (Å²) in [5.41, 5.74) is 1.47. The van der Waals surface area contributed by atoms with Gasteiger partial charge in [-0.05, 0) is 23.8 Å². The molecule has 2 N–H and O–H groups in total. The van der Waals surface area contributed by atoms with Gasteiger partial charge in [-0.2, -0.15) is 5.26 Å². The number of rotatable bonds is 4. The summed E-state index contributed by atoms with van der Waals surface area (Å²) in [6, 6.07) is 10.5. The van der Waals surface area contributed by atoms with Crippen LogP contribution in [0.1, 0.15) is 21.5 Å². The maximum absolute atomic E-state index is 11.0. The summed E-state index contributed by atoms with van der Waals surface area (Å²) in [6.07, 6.45) is 1.29. The number of halogens is 1. The van der Waals surface area contributed by atoms with E-state index in [1.807, 2.05) is 6.07 Å². The van der Waals surface area contributed by atoms with Gasteiger partial charge in [-0.3, -0.25) is 0 Å². The van der Waals surface area contributed by atoms with Crippen LogP contribution in [0.5, 0.6) is 0 Å². The summed E-state index contributed by atoms with van der Waals surface area (Å²) in [5, 5.41) is 20.9. The number of hydrogen-bond donors (Lipinski definition) is 2. The molecule has 0 atom stereocenters. The van der Waals surface area contributed by atoms with Gasteiger partial charge in [-0.1, -0.05) is 23.7 Å². The SMILES string of the molecule is N#Cc1cccc(CNc2cc(C(=O)O)c(Cl)cn2)c1. The smallest absolute Gasteiger partial charge is 0.337 e. The van der Waals surface area contributed by atoms with Crippen molar-refractivity contribution in [1.82, 2.24) is 4.98 Å². The fraction of sp³-hybridized carbons (Fsp3) is 0.0714. The lowest BCUT2D eigenvalue weighted by Gasteiger charge is -2.07. The zero-order valence-corrected chi connectivity index (χ0v) is 11.1. The molecule has 0 spiro atoms. The van der Waals surface area contributed by atoms with E-state index in [1.54, 1.807) is 18.2 Å². The van der Waals surface area contributed by atoms with Crippen LogP contribution in [-0.4, -0.2) is 16.1 Å².